The number of halogens is 2. The third-order valence-corrected chi connectivity index (χ3v) is 6.00. The van der Waals surface area contributed by atoms with Crippen LogP contribution in [0.15, 0.2) is 17.0 Å². The molecule has 0 heterocycles. The van der Waals surface area contributed by atoms with Crippen molar-refractivity contribution in [2.45, 2.75) is 37.2 Å². The minimum atomic E-state index is -3.91. The van der Waals surface area contributed by atoms with Gasteiger partial charge in [0.15, 0.2) is 0 Å². The van der Waals surface area contributed by atoms with Crippen LogP contribution in [0.3, 0.4) is 0 Å². The highest BCUT2D eigenvalue weighted by Crippen LogP contribution is 2.37. The summed E-state index contributed by atoms with van der Waals surface area (Å²) < 4.78 is 40.5. The normalized spacial score (nSPS) is 17.5. The largest absolute Gasteiger partial charge is 0.326 e. The van der Waals surface area contributed by atoms with E-state index >= 15 is 0 Å². The Labute approximate surface area is 123 Å². The number of hydrogen-bond acceptors (Lipinski definition) is 3. The molecule has 1 aromatic rings. The van der Waals surface area contributed by atoms with Crippen LogP contribution in [0.4, 0.5) is 4.39 Å². The molecule has 0 spiro atoms. The smallest absolute Gasteiger partial charge is 0.246 e. The summed E-state index contributed by atoms with van der Waals surface area (Å²) in [6.07, 6.45) is 2.01. The summed E-state index contributed by atoms with van der Waals surface area (Å²) in [4.78, 5) is -0.402. The summed E-state index contributed by atoms with van der Waals surface area (Å²) in [7, 11) is -2.44. The molecule has 7 heteroatoms. The molecule has 1 aliphatic rings. The van der Waals surface area contributed by atoms with Crippen molar-refractivity contribution in [3.05, 3.63) is 28.5 Å². The summed E-state index contributed by atoms with van der Waals surface area (Å²) >= 11 is 5.86. The molecule has 2 rings (SSSR count). The van der Waals surface area contributed by atoms with E-state index in [1.165, 1.54) is 17.4 Å². The molecule has 0 bridgehead atoms. The van der Waals surface area contributed by atoms with Crippen LogP contribution in [0.2, 0.25) is 5.02 Å². The maximum Gasteiger partial charge on any atom is 0.246 e. The van der Waals surface area contributed by atoms with Crippen molar-refractivity contribution in [1.29, 1.82) is 0 Å². The maximum absolute atomic E-state index is 14.2. The van der Waals surface area contributed by atoms with E-state index in [2.05, 4.69) is 0 Å². The molecule has 2 N–H and O–H groups in total. The van der Waals surface area contributed by atoms with Gasteiger partial charge in [-0.15, -0.1) is 0 Å². The Morgan fingerprint density at radius 1 is 1.50 bits per heavy atom. The summed E-state index contributed by atoms with van der Waals surface area (Å²) in [6, 6.07) is 2.33. The van der Waals surface area contributed by atoms with Gasteiger partial charge in [0.2, 0.25) is 10.0 Å². The molecule has 1 saturated carbocycles. The fourth-order valence-electron chi connectivity index (χ4n) is 2.20. The lowest BCUT2D eigenvalue weighted by molar-refractivity contribution is 0.355. The Kier molecular flexibility index (Phi) is 4.39. The van der Waals surface area contributed by atoms with E-state index in [0.717, 1.165) is 18.9 Å². The molecule has 4 nitrogen and oxygen atoms in total. The van der Waals surface area contributed by atoms with Crippen LogP contribution >= 0.6 is 11.6 Å². The highest BCUT2D eigenvalue weighted by molar-refractivity contribution is 7.89. The predicted molar refractivity (Wildman–Crippen MR) is 76.4 cm³/mol. The van der Waals surface area contributed by atoms with Gasteiger partial charge in [-0.05, 0) is 37.8 Å². The second-order valence-corrected chi connectivity index (χ2v) is 7.58. The van der Waals surface area contributed by atoms with Crippen LogP contribution in [0.1, 0.15) is 25.3 Å². The zero-order chi connectivity index (χ0) is 15.1. The van der Waals surface area contributed by atoms with Crippen LogP contribution in [-0.4, -0.2) is 25.8 Å². The molecule has 1 aromatic carbocycles. The lowest BCUT2D eigenvalue weighted by Crippen LogP contribution is -2.37. The first kappa shape index (κ1) is 15.7. The second kappa shape index (κ2) is 5.60. The molecule has 0 radical (unpaired) electrons. The van der Waals surface area contributed by atoms with Crippen LogP contribution in [-0.2, 0) is 16.6 Å². The highest BCUT2D eigenvalue weighted by atomic mass is 35.5. The number of nitrogens with two attached hydrogens (primary N) is 1. The van der Waals surface area contributed by atoms with Crippen LogP contribution in [0.5, 0.6) is 0 Å². The van der Waals surface area contributed by atoms with Gasteiger partial charge in [-0.1, -0.05) is 11.6 Å². The average Bonchev–Trinajstić information content (AvgIpc) is 3.23. The van der Waals surface area contributed by atoms with E-state index < -0.39 is 20.7 Å². The molecule has 1 aliphatic carbocycles. The summed E-state index contributed by atoms with van der Waals surface area (Å²) in [5.74, 6) is -0.460. The Morgan fingerprint density at radius 2 is 2.10 bits per heavy atom. The quantitative estimate of drug-likeness (QED) is 0.906. The van der Waals surface area contributed by atoms with Crippen molar-refractivity contribution in [1.82, 2.24) is 4.31 Å². The van der Waals surface area contributed by atoms with Gasteiger partial charge in [0.25, 0.3) is 0 Å². The molecule has 1 fully saturated rings. The zero-order valence-corrected chi connectivity index (χ0v) is 13.0. The lowest BCUT2D eigenvalue weighted by atomic mass is 10.2. The minimum Gasteiger partial charge on any atom is -0.326 e. The van der Waals surface area contributed by atoms with Gasteiger partial charge in [-0.2, -0.15) is 4.31 Å². The topological polar surface area (TPSA) is 63.4 Å². The van der Waals surface area contributed by atoms with Crippen molar-refractivity contribution in [2.24, 2.45) is 11.7 Å². The SMILES string of the molecule is CC(C1CC1)N(C)S(=O)(=O)c1cc(Cl)cc(CN)c1F. The Bertz CT molecular complexity index is 617. The number of nitrogens with zero attached hydrogens (tertiary/aromatic N) is 1. The molecule has 0 aromatic heterocycles. The van der Waals surface area contributed by atoms with Crippen molar-refractivity contribution in [3.63, 3.8) is 0 Å². The molecule has 1 atom stereocenters. The van der Waals surface area contributed by atoms with Gasteiger partial charge in [-0.3, -0.25) is 0 Å². The third-order valence-electron chi connectivity index (χ3n) is 3.83. The van der Waals surface area contributed by atoms with E-state index in [-0.39, 0.29) is 23.2 Å². The van der Waals surface area contributed by atoms with Crippen molar-refractivity contribution < 1.29 is 12.8 Å². The number of hydrogen-bond donors (Lipinski definition) is 1. The van der Waals surface area contributed by atoms with Gasteiger partial charge < -0.3 is 5.73 Å². The predicted octanol–water partition coefficient (Wildman–Crippen LogP) is 2.36. The second-order valence-electron chi connectivity index (χ2n) is 5.18. The first-order valence-electron chi connectivity index (χ1n) is 6.45. The first-order chi connectivity index (χ1) is 9.28. The monoisotopic (exact) mass is 320 g/mol. The first-order valence-corrected chi connectivity index (χ1v) is 8.27. The van der Waals surface area contributed by atoms with Crippen molar-refractivity contribution >= 4 is 21.6 Å². The fraction of sp³-hybridized carbons (Fsp3) is 0.538. The Hall–Kier alpha value is -0.690. The molecule has 0 saturated heterocycles. The van der Waals surface area contributed by atoms with Gasteiger partial charge in [0.05, 0.1) is 0 Å². The van der Waals surface area contributed by atoms with Crippen LogP contribution in [0, 0.1) is 11.7 Å². The standard InChI is InChI=1S/C13H18ClFN2O2S/c1-8(9-3-4-9)17(2)20(18,19)12-6-11(14)5-10(7-16)13(12)15/h5-6,8-9H,3-4,7,16H2,1-2H3. The third kappa shape index (κ3) is 2.83. The Balaban J connectivity index is 2.45. The summed E-state index contributed by atoms with van der Waals surface area (Å²) in [6.45, 7) is 1.73. The van der Waals surface area contributed by atoms with Crippen molar-refractivity contribution in [2.75, 3.05) is 7.05 Å². The number of benzene rings is 1. The molecular formula is C13H18ClFN2O2S. The number of rotatable bonds is 5. The van der Waals surface area contributed by atoms with E-state index in [4.69, 9.17) is 17.3 Å². The van der Waals surface area contributed by atoms with Gasteiger partial charge in [0, 0.05) is 30.2 Å². The molecule has 20 heavy (non-hydrogen) atoms. The van der Waals surface area contributed by atoms with E-state index in [0.29, 0.717) is 5.92 Å². The van der Waals surface area contributed by atoms with E-state index in [1.54, 1.807) is 0 Å². The van der Waals surface area contributed by atoms with E-state index in [9.17, 15) is 12.8 Å². The van der Waals surface area contributed by atoms with Crippen molar-refractivity contribution in [3.8, 4) is 0 Å². The molecule has 0 aliphatic heterocycles. The summed E-state index contributed by atoms with van der Waals surface area (Å²) in [5.41, 5.74) is 5.52. The molecular weight excluding hydrogens is 303 g/mol. The van der Waals surface area contributed by atoms with Gasteiger partial charge in [-0.25, -0.2) is 12.8 Å². The molecule has 1 unspecified atom stereocenters. The average molecular weight is 321 g/mol. The van der Waals surface area contributed by atoms with Gasteiger partial charge in [0.1, 0.15) is 10.7 Å². The van der Waals surface area contributed by atoms with Crippen LogP contribution < -0.4 is 5.73 Å². The highest BCUT2D eigenvalue weighted by Gasteiger charge is 2.37. The maximum atomic E-state index is 14.2. The zero-order valence-electron chi connectivity index (χ0n) is 11.4. The molecule has 112 valence electrons. The lowest BCUT2D eigenvalue weighted by Gasteiger charge is -2.24. The van der Waals surface area contributed by atoms with Gasteiger partial charge >= 0.3 is 0 Å². The summed E-state index contributed by atoms with van der Waals surface area (Å²) in [5, 5.41) is 0.165. The fourth-order valence-corrected chi connectivity index (χ4v) is 4.06. The van der Waals surface area contributed by atoms with Crippen LogP contribution in [0.25, 0.3) is 0 Å². The minimum absolute atomic E-state index is 0.100. The van der Waals surface area contributed by atoms with E-state index in [1.807, 2.05) is 6.92 Å². The Morgan fingerprint density at radius 3 is 2.60 bits per heavy atom. The molecule has 0 amide bonds. The number of sulfonamides is 1.